The largest absolute Gasteiger partial charge is 0.491 e. The lowest BCUT2D eigenvalue weighted by Crippen LogP contribution is -2.07. The Hall–Kier alpha value is -2.91. The Morgan fingerprint density at radius 1 is 0.690 bits per heavy atom. The van der Waals surface area contributed by atoms with Gasteiger partial charge in [0, 0.05) is 12.2 Å². The van der Waals surface area contributed by atoms with Crippen LogP contribution in [0.1, 0.15) is 37.0 Å². The molecule has 0 heterocycles. The molecular formula is C26H28O3. The molecular weight excluding hydrogens is 360 g/mol. The summed E-state index contributed by atoms with van der Waals surface area (Å²) < 4.78 is 11.2. The van der Waals surface area contributed by atoms with Gasteiger partial charge in [-0.25, -0.2) is 0 Å². The highest BCUT2D eigenvalue weighted by molar-refractivity contribution is 5.94. The Labute approximate surface area is 173 Å². The molecule has 0 saturated heterocycles. The summed E-state index contributed by atoms with van der Waals surface area (Å²) in [6.45, 7) is 5.73. The van der Waals surface area contributed by atoms with E-state index in [4.69, 9.17) is 9.47 Å². The molecule has 3 rings (SSSR count). The average molecular weight is 389 g/mol. The molecule has 3 aromatic carbocycles. The van der Waals surface area contributed by atoms with Crippen molar-refractivity contribution < 1.29 is 14.3 Å². The maximum atomic E-state index is 11.4. The minimum Gasteiger partial charge on any atom is -0.491 e. The maximum absolute atomic E-state index is 11.4. The number of benzene rings is 3. The number of hydrogen-bond acceptors (Lipinski definition) is 3. The fourth-order valence-electron chi connectivity index (χ4n) is 3.06. The van der Waals surface area contributed by atoms with Gasteiger partial charge in [-0.15, -0.1) is 0 Å². The van der Waals surface area contributed by atoms with E-state index in [0.717, 1.165) is 53.0 Å². The van der Waals surface area contributed by atoms with Crippen molar-refractivity contribution in [1.82, 2.24) is 0 Å². The minimum atomic E-state index is 0.0864. The lowest BCUT2D eigenvalue weighted by Gasteiger charge is -2.09. The van der Waals surface area contributed by atoms with E-state index in [2.05, 4.69) is 43.3 Å². The molecule has 0 unspecified atom stereocenters. The number of hydrogen-bond donors (Lipinski definition) is 0. The summed E-state index contributed by atoms with van der Waals surface area (Å²) in [4.78, 5) is 11.4. The zero-order valence-electron chi connectivity index (χ0n) is 17.2. The van der Waals surface area contributed by atoms with Crippen LogP contribution in [-0.2, 0) is 4.74 Å². The van der Waals surface area contributed by atoms with E-state index in [0.29, 0.717) is 13.2 Å². The van der Waals surface area contributed by atoms with Gasteiger partial charge in [0.25, 0.3) is 0 Å². The van der Waals surface area contributed by atoms with Gasteiger partial charge in [-0.3, -0.25) is 4.79 Å². The van der Waals surface area contributed by atoms with E-state index >= 15 is 0 Å². The summed E-state index contributed by atoms with van der Waals surface area (Å²) in [6, 6.07) is 24.3. The highest BCUT2D eigenvalue weighted by Crippen LogP contribution is 2.26. The first-order chi connectivity index (χ1) is 14.2. The first-order valence-electron chi connectivity index (χ1n) is 10.2. The predicted octanol–water partition coefficient (Wildman–Crippen LogP) is 6.42. The standard InChI is InChI=1S/C26H28O3/c1-3-4-17-28-18-19-29-26-15-13-25(14-16-26)24-11-9-23(10-12-24)22-7-5-21(6-8-22)20(2)27/h5-16H,3-4,17-19H2,1-2H3. The van der Waals surface area contributed by atoms with E-state index in [1.54, 1.807) is 6.92 Å². The molecule has 0 bridgehead atoms. The van der Waals surface area contributed by atoms with Crippen molar-refractivity contribution in [3.8, 4) is 28.0 Å². The molecule has 3 heteroatoms. The van der Waals surface area contributed by atoms with Gasteiger partial charge in [0.1, 0.15) is 12.4 Å². The van der Waals surface area contributed by atoms with Gasteiger partial charge in [-0.2, -0.15) is 0 Å². The van der Waals surface area contributed by atoms with Gasteiger partial charge in [-0.05, 0) is 47.7 Å². The van der Waals surface area contributed by atoms with Crippen molar-refractivity contribution in [3.63, 3.8) is 0 Å². The second kappa shape index (κ2) is 10.6. The minimum absolute atomic E-state index is 0.0864. The average Bonchev–Trinajstić information content (AvgIpc) is 2.77. The Bertz CT molecular complexity index is 894. The Morgan fingerprint density at radius 2 is 1.17 bits per heavy atom. The van der Waals surface area contributed by atoms with Gasteiger partial charge in [0.15, 0.2) is 5.78 Å². The quantitative estimate of drug-likeness (QED) is 0.297. The molecule has 3 aromatic rings. The zero-order valence-corrected chi connectivity index (χ0v) is 17.2. The van der Waals surface area contributed by atoms with Gasteiger partial charge in [0.05, 0.1) is 6.61 Å². The third-order valence-corrected chi connectivity index (χ3v) is 4.84. The smallest absolute Gasteiger partial charge is 0.159 e. The Balaban J connectivity index is 1.57. The van der Waals surface area contributed by atoms with Crippen molar-refractivity contribution in [2.75, 3.05) is 19.8 Å². The van der Waals surface area contributed by atoms with Crippen molar-refractivity contribution in [2.45, 2.75) is 26.7 Å². The van der Waals surface area contributed by atoms with Crippen LogP contribution >= 0.6 is 0 Å². The second-order valence-electron chi connectivity index (χ2n) is 7.05. The van der Waals surface area contributed by atoms with Crippen LogP contribution in [-0.4, -0.2) is 25.6 Å². The molecule has 0 fully saturated rings. The van der Waals surface area contributed by atoms with Crippen LogP contribution in [0, 0.1) is 0 Å². The number of ether oxygens (including phenoxy) is 2. The summed E-state index contributed by atoms with van der Waals surface area (Å²) in [6.07, 6.45) is 2.24. The molecule has 29 heavy (non-hydrogen) atoms. The molecule has 0 aliphatic carbocycles. The van der Waals surface area contributed by atoms with Crippen molar-refractivity contribution in [2.24, 2.45) is 0 Å². The van der Waals surface area contributed by atoms with Crippen LogP contribution in [0.4, 0.5) is 0 Å². The van der Waals surface area contributed by atoms with E-state index in [1.165, 1.54) is 0 Å². The zero-order chi connectivity index (χ0) is 20.5. The van der Waals surface area contributed by atoms with Crippen LogP contribution in [0.5, 0.6) is 5.75 Å². The van der Waals surface area contributed by atoms with Crippen LogP contribution in [0.3, 0.4) is 0 Å². The fraction of sp³-hybridized carbons (Fsp3) is 0.269. The van der Waals surface area contributed by atoms with E-state index in [1.807, 2.05) is 36.4 Å². The number of unbranched alkanes of at least 4 members (excludes halogenated alkanes) is 1. The molecule has 0 aromatic heterocycles. The topological polar surface area (TPSA) is 35.5 Å². The van der Waals surface area contributed by atoms with Crippen LogP contribution in [0.25, 0.3) is 22.3 Å². The van der Waals surface area contributed by atoms with E-state index in [-0.39, 0.29) is 5.78 Å². The summed E-state index contributed by atoms with van der Waals surface area (Å²) >= 11 is 0. The van der Waals surface area contributed by atoms with Crippen molar-refractivity contribution in [3.05, 3.63) is 78.4 Å². The number of carbonyl (C=O) groups is 1. The molecule has 0 amide bonds. The van der Waals surface area contributed by atoms with Crippen molar-refractivity contribution >= 4 is 5.78 Å². The molecule has 0 radical (unpaired) electrons. The number of rotatable bonds is 10. The summed E-state index contributed by atoms with van der Waals surface area (Å²) in [5, 5.41) is 0. The molecule has 150 valence electrons. The van der Waals surface area contributed by atoms with Gasteiger partial charge < -0.3 is 9.47 Å². The van der Waals surface area contributed by atoms with E-state index in [9.17, 15) is 4.79 Å². The lowest BCUT2D eigenvalue weighted by molar-refractivity contribution is 0.0980. The molecule has 3 nitrogen and oxygen atoms in total. The SMILES string of the molecule is CCCCOCCOc1ccc(-c2ccc(-c3ccc(C(C)=O)cc3)cc2)cc1. The second-order valence-corrected chi connectivity index (χ2v) is 7.05. The molecule has 0 aliphatic heterocycles. The normalized spacial score (nSPS) is 10.7. The van der Waals surface area contributed by atoms with Crippen molar-refractivity contribution in [1.29, 1.82) is 0 Å². The molecule has 0 aliphatic rings. The molecule has 0 atom stereocenters. The van der Waals surface area contributed by atoms with Gasteiger partial charge in [0.2, 0.25) is 0 Å². The molecule has 0 spiro atoms. The summed E-state index contributed by atoms with van der Waals surface area (Å²) in [5.74, 6) is 0.943. The summed E-state index contributed by atoms with van der Waals surface area (Å²) in [7, 11) is 0. The Morgan fingerprint density at radius 3 is 1.66 bits per heavy atom. The van der Waals surface area contributed by atoms with Gasteiger partial charge in [-0.1, -0.05) is 74.0 Å². The maximum Gasteiger partial charge on any atom is 0.159 e. The Kier molecular flexibility index (Phi) is 7.60. The van der Waals surface area contributed by atoms with E-state index < -0.39 is 0 Å². The number of ketones is 1. The highest BCUT2D eigenvalue weighted by atomic mass is 16.5. The van der Waals surface area contributed by atoms with Gasteiger partial charge >= 0.3 is 0 Å². The number of carbonyl (C=O) groups excluding carboxylic acids is 1. The molecule has 0 saturated carbocycles. The fourth-order valence-corrected chi connectivity index (χ4v) is 3.06. The highest BCUT2D eigenvalue weighted by Gasteiger charge is 2.03. The predicted molar refractivity (Wildman–Crippen MR) is 119 cm³/mol. The third kappa shape index (κ3) is 6.03. The third-order valence-electron chi connectivity index (χ3n) is 4.84. The monoisotopic (exact) mass is 388 g/mol. The van der Waals surface area contributed by atoms with Crippen LogP contribution < -0.4 is 4.74 Å². The lowest BCUT2D eigenvalue weighted by atomic mass is 9.99. The van der Waals surface area contributed by atoms with Crippen LogP contribution in [0.2, 0.25) is 0 Å². The van der Waals surface area contributed by atoms with Crippen LogP contribution in [0.15, 0.2) is 72.8 Å². The molecule has 0 N–H and O–H groups in total. The first-order valence-corrected chi connectivity index (χ1v) is 10.2. The summed E-state index contributed by atoms with van der Waals surface area (Å²) in [5.41, 5.74) is 5.28. The first kappa shape index (κ1) is 20.8. The number of Topliss-reactive ketones (excluding diaryl/α,β-unsaturated/α-hetero) is 1.